The van der Waals surface area contributed by atoms with Crippen LogP contribution in [0.2, 0.25) is 0 Å². The Kier molecular flexibility index (Phi) is 3.74. The Labute approximate surface area is 139 Å². The maximum absolute atomic E-state index is 12.7. The van der Waals surface area contributed by atoms with Gasteiger partial charge in [-0.1, -0.05) is 0 Å². The maximum Gasteiger partial charge on any atom is 0.254 e. The van der Waals surface area contributed by atoms with Crippen LogP contribution in [0.5, 0.6) is 0 Å². The number of carbonyl (C=O) groups excluding carboxylic acids is 1. The first-order valence-corrected chi connectivity index (χ1v) is 7.99. The zero-order valence-corrected chi connectivity index (χ0v) is 13.5. The number of hydrogen-bond acceptors (Lipinski definition) is 5. The molecule has 0 atom stereocenters. The normalized spacial score (nSPS) is 15.8. The lowest BCUT2D eigenvalue weighted by Gasteiger charge is -2.32. The van der Waals surface area contributed by atoms with Crippen molar-refractivity contribution in [3.05, 3.63) is 48.3 Å². The van der Waals surface area contributed by atoms with E-state index in [0.717, 1.165) is 31.7 Å². The molecule has 0 spiro atoms. The molecule has 24 heavy (non-hydrogen) atoms. The number of rotatable bonds is 2. The van der Waals surface area contributed by atoms with Crippen LogP contribution in [0.3, 0.4) is 0 Å². The van der Waals surface area contributed by atoms with Gasteiger partial charge in [0.2, 0.25) is 5.89 Å². The average molecular weight is 322 g/mol. The number of fused-ring (bicyclic) bond motifs is 1. The Bertz CT molecular complexity index is 867. The molecule has 0 bridgehead atoms. The van der Waals surface area contributed by atoms with Gasteiger partial charge in [-0.3, -0.25) is 9.78 Å². The fourth-order valence-electron chi connectivity index (χ4n) is 2.87. The summed E-state index contributed by atoms with van der Waals surface area (Å²) in [6, 6.07) is 9.13. The highest BCUT2D eigenvalue weighted by Crippen LogP contribution is 2.25. The summed E-state index contributed by atoms with van der Waals surface area (Å²) < 4.78 is 5.78. The van der Waals surface area contributed by atoms with E-state index in [9.17, 15) is 4.79 Å². The lowest BCUT2D eigenvalue weighted by Crippen LogP contribution is -2.47. The summed E-state index contributed by atoms with van der Waals surface area (Å²) in [5.41, 5.74) is 2.90. The molecule has 0 saturated carbocycles. The molecule has 6 heteroatoms. The summed E-state index contributed by atoms with van der Waals surface area (Å²) in [5.74, 6) is 0.593. The molecule has 0 N–H and O–H groups in total. The number of nitrogens with zero attached hydrogens (tertiary/aromatic N) is 4. The van der Waals surface area contributed by atoms with Crippen LogP contribution in [-0.2, 0) is 0 Å². The number of hydrogen-bond donors (Lipinski definition) is 0. The number of carbonyl (C=O) groups is 1. The van der Waals surface area contributed by atoms with Crippen LogP contribution in [0.15, 0.2) is 47.1 Å². The van der Waals surface area contributed by atoms with Crippen LogP contribution >= 0.6 is 0 Å². The molecule has 0 radical (unpaired) electrons. The quantitative estimate of drug-likeness (QED) is 0.724. The predicted octanol–water partition coefficient (Wildman–Crippen LogP) is 2.28. The van der Waals surface area contributed by atoms with Crippen LogP contribution in [0.4, 0.5) is 0 Å². The van der Waals surface area contributed by atoms with Crippen LogP contribution in [0, 0.1) is 0 Å². The molecule has 1 saturated heterocycles. The third kappa shape index (κ3) is 2.76. The minimum absolute atomic E-state index is 0.0541. The number of pyridine rings is 1. The van der Waals surface area contributed by atoms with E-state index >= 15 is 0 Å². The van der Waals surface area contributed by atoms with Gasteiger partial charge < -0.3 is 14.2 Å². The topological polar surface area (TPSA) is 62.5 Å². The van der Waals surface area contributed by atoms with Crippen molar-refractivity contribution in [2.75, 3.05) is 33.2 Å². The highest BCUT2D eigenvalue weighted by atomic mass is 16.3. The molecular weight excluding hydrogens is 304 g/mol. The molecule has 1 aromatic carbocycles. The number of likely N-dealkylation sites (N-methyl/N-ethyl adjacent to an activating group) is 1. The number of aromatic nitrogens is 2. The molecule has 1 aliphatic heterocycles. The van der Waals surface area contributed by atoms with Gasteiger partial charge in [0.15, 0.2) is 5.58 Å². The second kappa shape index (κ2) is 6.05. The van der Waals surface area contributed by atoms with Crippen LogP contribution in [-0.4, -0.2) is 58.9 Å². The fraction of sp³-hybridized carbons (Fsp3) is 0.278. The van der Waals surface area contributed by atoms with Crippen molar-refractivity contribution in [3.63, 3.8) is 0 Å². The van der Waals surface area contributed by atoms with Crippen LogP contribution in [0.25, 0.3) is 22.6 Å². The van der Waals surface area contributed by atoms with Crippen molar-refractivity contribution in [1.29, 1.82) is 0 Å². The Morgan fingerprint density at radius 3 is 2.58 bits per heavy atom. The highest BCUT2D eigenvalue weighted by molar-refractivity contribution is 5.97. The van der Waals surface area contributed by atoms with Crippen molar-refractivity contribution < 1.29 is 9.21 Å². The van der Waals surface area contributed by atoms with E-state index in [1.807, 2.05) is 35.2 Å². The number of amides is 1. The van der Waals surface area contributed by atoms with Gasteiger partial charge in [-0.25, -0.2) is 4.98 Å². The lowest BCUT2D eigenvalue weighted by molar-refractivity contribution is 0.0664. The highest BCUT2D eigenvalue weighted by Gasteiger charge is 2.21. The molecule has 122 valence electrons. The largest absolute Gasteiger partial charge is 0.436 e. The van der Waals surface area contributed by atoms with Crippen LogP contribution < -0.4 is 0 Å². The van der Waals surface area contributed by atoms with Gasteiger partial charge in [0, 0.05) is 49.7 Å². The molecule has 3 heterocycles. The van der Waals surface area contributed by atoms with E-state index in [2.05, 4.69) is 21.9 Å². The Balaban J connectivity index is 1.62. The molecule has 1 amide bonds. The predicted molar refractivity (Wildman–Crippen MR) is 90.6 cm³/mol. The minimum Gasteiger partial charge on any atom is -0.436 e. The van der Waals surface area contributed by atoms with Gasteiger partial charge in [-0.2, -0.15) is 0 Å². The summed E-state index contributed by atoms with van der Waals surface area (Å²) in [7, 11) is 2.07. The van der Waals surface area contributed by atoms with Gasteiger partial charge >= 0.3 is 0 Å². The molecule has 4 rings (SSSR count). The standard InChI is InChI=1S/C18H18N4O2/c1-21-8-10-22(11-9-21)18(23)14-2-3-16-15(12-14)20-17(24-16)13-4-6-19-7-5-13/h2-7,12H,8-11H2,1H3. The molecule has 1 fully saturated rings. The van der Waals surface area contributed by atoms with Crippen molar-refractivity contribution in [1.82, 2.24) is 19.8 Å². The van der Waals surface area contributed by atoms with Gasteiger partial charge in [-0.15, -0.1) is 0 Å². The summed E-state index contributed by atoms with van der Waals surface area (Å²) >= 11 is 0. The van der Waals surface area contributed by atoms with Crippen LogP contribution in [0.1, 0.15) is 10.4 Å². The van der Waals surface area contributed by atoms with Crippen molar-refractivity contribution in [2.24, 2.45) is 0 Å². The lowest BCUT2D eigenvalue weighted by atomic mass is 10.1. The fourth-order valence-corrected chi connectivity index (χ4v) is 2.87. The van der Waals surface area contributed by atoms with E-state index in [1.54, 1.807) is 12.4 Å². The monoisotopic (exact) mass is 322 g/mol. The second-order valence-corrected chi connectivity index (χ2v) is 6.03. The summed E-state index contributed by atoms with van der Waals surface area (Å²) in [5, 5.41) is 0. The van der Waals surface area contributed by atoms with Gasteiger partial charge in [0.1, 0.15) is 5.52 Å². The molecular formula is C18H18N4O2. The summed E-state index contributed by atoms with van der Waals surface area (Å²) in [6.45, 7) is 3.33. The van der Waals surface area contributed by atoms with Crippen molar-refractivity contribution in [2.45, 2.75) is 0 Å². The third-order valence-corrected chi connectivity index (χ3v) is 4.35. The number of oxazole rings is 1. The van der Waals surface area contributed by atoms with Gasteiger partial charge in [0.05, 0.1) is 0 Å². The van der Waals surface area contributed by atoms with Gasteiger partial charge in [-0.05, 0) is 37.4 Å². The molecule has 0 aliphatic carbocycles. The summed E-state index contributed by atoms with van der Waals surface area (Å²) in [6.07, 6.45) is 3.40. The van der Waals surface area contributed by atoms with E-state index < -0.39 is 0 Å². The molecule has 1 aliphatic rings. The van der Waals surface area contributed by atoms with Gasteiger partial charge in [0.25, 0.3) is 5.91 Å². The Hall–Kier alpha value is -2.73. The smallest absolute Gasteiger partial charge is 0.254 e. The average Bonchev–Trinajstić information content (AvgIpc) is 3.06. The zero-order valence-electron chi connectivity index (χ0n) is 13.5. The Morgan fingerprint density at radius 1 is 1.08 bits per heavy atom. The zero-order chi connectivity index (χ0) is 16.5. The SMILES string of the molecule is CN1CCN(C(=O)c2ccc3oc(-c4ccncc4)nc3c2)CC1. The third-order valence-electron chi connectivity index (χ3n) is 4.35. The van der Waals surface area contributed by atoms with Crippen molar-refractivity contribution >= 4 is 17.0 Å². The molecule has 6 nitrogen and oxygen atoms in total. The van der Waals surface area contributed by atoms with E-state index in [4.69, 9.17) is 4.42 Å². The number of piperazine rings is 1. The Morgan fingerprint density at radius 2 is 1.83 bits per heavy atom. The van der Waals surface area contributed by atoms with E-state index in [1.165, 1.54) is 0 Å². The minimum atomic E-state index is 0.0541. The number of benzene rings is 1. The molecule has 2 aromatic heterocycles. The first-order valence-electron chi connectivity index (χ1n) is 7.99. The first-order chi connectivity index (χ1) is 11.7. The maximum atomic E-state index is 12.7. The van der Waals surface area contributed by atoms with E-state index in [-0.39, 0.29) is 5.91 Å². The summed E-state index contributed by atoms with van der Waals surface area (Å²) in [4.78, 5) is 25.3. The van der Waals surface area contributed by atoms with E-state index in [0.29, 0.717) is 22.6 Å². The second-order valence-electron chi connectivity index (χ2n) is 6.03. The first kappa shape index (κ1) is 14.8. The van der Waals surface area contributed by atoms with Crippen molar-refractivity contribution in [3.8, 4) is 11.5 Å². The molecule has 3 aromatic rings. The molecule has 0 unspecified atom stereocenters.